The van der Waals surface area contributed by atoms with E-state index in [0.717, 1.165) is 10.2 Å². The van der Waals surface area contributed by atoms with Gasteiger partial charge in [-0.25, -0.2) is 0 Å². The molecule has 3 aromatic rings. The van der Waals surface area contributed by atoms with Gasteiger partial charge in [0.25, 0.3) is 5.91 Å². The van der Waals surface area contributed by atoms with Crippen LogP contribution in [0.3, 0.4) is 0 Å². The molecule has 7 nitrogen and oxygen atoms in total. The maximum Gasteiger partial charge on any atom is 0.292 e. The zero-order valence-corrected chi connectivity index (χ0v) is 16.0. The Hall–Kier alpha value is -2.58. The quantitative estimate of drug-likeness (QED) is 0.611. The third-order valence-electron chi connectivity index (χ3n) is 3.45. The van der Waals surface area contributed by atoms with Crippen LogP contribution in [0, 0.1) is 0 Å². The zero-order valence-electron chi connectivity index (χ0n) is 14.5. The molecule has 1 amide bonds. The lowest BCUT2D eigenvalue weighted by Crippen LogP contribution is -2.11. The number of anilines is 1. The largest absolute Gasteiger partial charge is 0.484 e. The van der Waals surface area contributed by atoms with E-state index in [9.17, 15) is 4.79 Å². The number of aromatic amines is 1. The molecule has 2 N–H and O–H groups in total. The third kappa shape index (κ3) is 4.74. The van der Waals surface area contributed by atoms with E-state index < -0.39 is 0 Å². The first kappa shape index (κ1) is 18.2. The molecule has 0 spiro atoms. The molecule has 26 heavy (non-hydrogen) atoms. The van der Waals surface area contributed by atoms with Crippen LogP contribution in [0.4, 0.5) is 5.82 Å². The van der Waals surface area contributed by atoms with Gasteiger partial charge in [0.2, 0.25) is 0 Å². The average molecular weight is 419 g/mol. The topological polar surface area (TPSA) is 83.4 Å². The molecule has 2 heterocycles. The lowest BCUT2D eigenvalue weighted by Gasteiger charge is -2.06. The van der Waals surface area contributed by atoms with Crippen molar-refractivity contribution in [1.29, 1.82) is 0 Å². The van der Waals surface area contributed by atoms with Crippen molar-refractivity contribution in [2.24, 2.45) is 0 Å². The monoisotopic (exact) mass is 418 g/mol. The Kier molecular flexibility index (Phi) is 5.75. The Morgan fingerprint density at radius 2 is 2.12 bits per heavy atom. The van der Waals surface area contributed by atoms with E-state index in [-0.39, 0.29) is 18.3 Å². The van der Waals surface area contributed by atoms with Crippen LogP contribution < -0.4 is 10.1 Å². The molecule has 0 saturated carbocycles. The summed E-state index contributed by atoms with van der Waals surface area (Å²) in [4.78, 5) is 14.3. The van der Waals surface area contributed by atoms with Gasteiger partial charge in [0.15, 0.2) is 11.6 Å². The predicted molar refractivity (Wildman–Crippen MR) is 101 cm³/mol. The Balaban J connectivity index is 1.57. The molecule has 8 heteroatoms. The summed E-state index contributed by atoms with van der Waals surface area (Å²) in [5, 5.41) is 9.66. The van der Waals surface area contributed by atoms with Crippen LogP contribution in [0.15, 0.2) is 51.4 Å². The lowest BCUT2D eigenvalue weighted by atomic mass is 10.3. The number of halogens is 1. The van der Waals surface area contributed by atoms with Gasteiger partial charge in [0.1, 0.15) is 18.1 Å². The predicted octanol–water partition coefficient (Wildman–Crippen LogP) is 3.66. The van der Waals surface area contributed by atoms with Gasteiger partial charge in [0.05, 0.1) is 10.2 Å². The van der Waals surface area contributed by atoms with Gasteiger partial charge < -0.3 is 19.4 Å². The number of furan rings is 1. The van der Waals surface area contributed by atoms with Crippen LogP contribution in [0.5, 0.6) is 5.75 Å². The summed E-state index contributed by atoms with van der Waals surface area (Å²) >= 11 is 3.42. The van der Waals surface area contributed by atoms with Crippen molar-refractivity contribution in [2.75, 3.05) is 19.4 Å². The van der Waals surface area contributed by atoms with Crippen molar-refractivity contribution in [3.05, 3.63) is 64.2 Å². The van der Waals surface area contributed by atoms with Gasteiger partial charge in [-0.05, 0) is 54.3 Å². The standard InChI is InChI=1S/C18H19BrN4O3/c1-23(2)10-12-9-17(22-21-12)20-18(24)16-8-7-13(26-16)11-25-15-6-4-3-5-14(15)19/h3-9H,10-11H2,1-2H3,(H2,20,21,22,24). The number of carbonyl (C=O) groups excluding carboxylic acids is 1. The minimum atomic E-state index is -0.361. The van der Waals surface area contributed by atoms with E-state index in [2.05, 4.69) is 31.4 Å². The number of nitrogens with one attached hydrogen (secondary N) is 2. The molecule has 0 radical (unpaired) electrons. The summed E-state index contributed by atoms with van der Waals surface area (Å²) in [6.07, 6.45) is 0. The minimum Gasteiger partial charge on any atom is -0.484 e. The normalized spacial score (nSPS) is 10.9. The molecule has 2 aromatic heterocycles. The highest BCUT2D eigenvalue weighted by molar-refractivity contribution is 9.10. The van der Waals surface area contributed by atoms with E-state index >= 15 is 0 Å². The van der Waals surface area contributed by atoms with Gasteiger partial charge in [-0.15, -0.1) is 0 Å². The first-order valence-electron chi connectivity index (χ1n) is 7.97. The van der Waals surface area contributed by atoms with Crippen LogP contribution in [-0.2, 0) is 13.2 Å². The second kappa shape index (κ2) is 8.20. The van der Waals surface area contributed by atoms with Gasteiger partial charge in [-0.3, -0.25) is 9.89 Å². The van der Waals surface area contributed by atoms with Crippen molar-refractivity contribution < 1.29 is 13.9 Å². The maximum absolute atomic E-state index is 12.3. The fraction of sp³-hybridized carbons (Fsp3) is 0.222. The Bertz CT molecular complexity index is 888. The third-order valence-corrected chi connectivity index (χ3v) is 4.11. The number of benzene rings is 1. The zero-order chi connectivity index (χ0) is 18.5. The molecule has 0 fully saturated rings. The number of carbonyl (C=O) groups is 1. The molecule has 0 saturated heterocycles. The van der Waals surface area contributed by atoms with Crippen molar-refractivity contribution >= 4 is 27.7 Å². The fourth-order valence-corrected chi connectivity index (χ4v) is 2.71. The number of hydrogen-bond acceptors (Lipinski definition) is 5. The summed E-state index contributed by atoms with van der Waals surface area (Å²) in [5.74, 6) is 1.56. The SMILES string of the molecule is CN(C)Cc1cc(NC(=O)c2ccc(COc3ccccc3Br)o2)n[nH]1. The summed E-state index contributed by atoms with van der Waals surface area (Å²) in [7, 11) is 3.92. The van der Waals surface area contributed by atoms with Crippen LogP contribution in [0.1, 0.15) is 22.0 Å². The van der Waals surface area contributed by atoms with E-state index in [1.165, 1.54) is 0 Å². The van der Waals surface area contributed by atoms with Gasteiger partial charge in [-0.1, -0.05) is 12.1 Å². The second-order valence-corrected chi connectivity index (χ2v) is 6.81. The molecule has 0 aliphatic carbocycles. The molecule has 3 rings (SSSR count). The summed E-state index contributed by atoms with van der Waals surface area (Å²) in [5.41, 5.74) is 0.910. The molecule has 0 atom stereocenters. The number of nitrogens with zero attached hydrogens (tertiary/aromatic N) is 2. The van der Waals surface area contributed by atoms with Crippen LogP contribution in [0.25, 0.3) is 0 Å². The molecule has 0 aliphatic heterocycles. The van der Waals surface area contributed by atoms with Crippen molar-refractivity contribution in [3.8, 4) is 5.75 Å². The Labute approximate surface area is 159 Å². The van der Waals surface area contributed by atoms with Crippen LogP contribution in [-0.4, -0.2) is 35.1 Å². The first-order valence-corrected chi connectivity index (χ1v) is 8.77. The van der Waals surface area contributed by atoms with Crippen molar-refractivity contribution in [1.82, 2.24) is 15.1 Å². The van der Waals surface area contributed by atoms with Gasteiger partial charge in [-0.2, -0.15) is 5.10 Å². The maximum atomic E-state index is 12.3. The highest BCUT2D eigenvalue weighted by Crippen LogP contribution is 2.25. The van der Waals surface area contributed by atoms with Gasteiger partial charge >= 0.3 is 0 Å². The lowest BCUT2D eigenvalue weighted by molar-refractivity contribution is 0.0992. The molecule has 1 aromatic carbocycles. The van der Waals surface area contributed by atoms with E-state index in [1.807, 2.05) is 43.3 Å². The van der Waals surface area contributed by atoms with Gasteiger partial charge in [0, 0.05) is 12.6 Å². The Morgan fingerprint density at radius 1 is 1.31 bits per heavy atom. The number of amides is 1. The van der Waals surface area contributed by atoms with E-state index in [1.54, 1.807) is 18.2 Å². The van der Waals surface area contributed by atoms with Crippen LogP contribution in [0.2, 0.25) is 0 Å². The smallest absolute Gasteiger partial charge is 0.292 e. The molecule has 0 bridgehead atoms. The molecular weight excluding hydrogens is 400 g/mol. The number of aromatic nitrogens is 2. The molecular formula is C18H19BrN4O3. The average Bonchev–Trinajstić information content (AvgIpc) is 3.23. The molecule has 136 valence electrons. The molecule has 0 unspecified atom stereocenters. The number of rotatable bonds is 7. The number of ether oxygens (including phenoxy) is 1. The fourth-order valence-electron chi connectivity index (χ4n) is 2.31. The highest BCUT2D eigenvalue weighted by atomic mass is 79.9. The summed E-state index contributed by atoms with van der Waals surface area (Å²) in [6.45, 7) is 0.936. The van der Waals surface area contributed by atoms with Crippen LogP contribution >= 0.6 is 15.9 Å². The minimum absolute atomic E-state index is 0.202. The van der Waals surface area contributed by atoms with Crippen molar-refractivity contribution in [2.45, 2.75) is 13.2 Å². The first-order chi connectivity index (χ1) is 12.5. The highest BCUT2D eigenvalue weighted by Gasteiger charge is 2.14. The summed E-state index contributed by atoms with van der Waals surface area (Å²) in [6, 6.07) is 12.7. The van der Waals surface area contributed by atoms with E-state index in [0.29, 0.717) is 23.9 Å². The van der Waals surface area contributed by atoms with E-state index in [4.69, 9.17) is 9.15 Å². The number of hydrogen-bond donors (Lipinski definition) is 2. The summed E-state index contributed by atoms with van der Waals surface area (Å²) < 4.78 is 12.1. The number of H-pyrrole nitrogens is 1. The second-order valence-electron chi connectivity index (χ2n) is 5.96. The Morgan fingerprint density at radius 3 is 2.88 bits per heavy atom. The molecule has 0 aliphatic rings. The number of para-hydroxylation sites is 1. The van der Waals surface area contributed by atoms with Crippen molar-refractivity contribution in [3.63, 3.8) is 0 Å².